The molecule has 0 saturated heterocycles. The Morgan fingerprint density at radius 1 is 1.12 bits per heavy atom. The molecule has 0 atom stereocenters. The number of nitrogens with one attached hydrogen (secondary N) is 2. The number of ether oxygens (including phenoxy) is 1. The Kier molecular flexibility index (Phi) is 6.61. The number of nitrogens with zero attached hydrogens (tertiary/aromatic N) is 2. The van der Waals surface area contributed by atoms with Crippen LogP contribution in [0, 0.1) is 27.7 Å². The first-order valence-electron chi connectivity index (χ1n) is 8.06. The van der Waals surface area contributed by atoms with Gasteiger partial charge in [-0.15, -0.1) is 11.3 Å². The Bertz CT molecular complexity index is 689. The number of aliphatic imine (C=N–C) groups is 1. The van der Waals surface area contributed by atoms with Gasteiger partial charge in [-0.25, -0.2) is 4.98 Å². The molecule has 0 radical (unpaired) electrons. The topological polar surface area (TPSA) is 58.5 Å². The van der Waals surface area contributed by atoms with Crippen LogP contribution in [0.3, 0.4) is 0 Å². The largest absolute Gasteiger partial charge is 0.492 e. The van der Waals surface area contributed by atoms with Gasteiger partial charge in [-0.3, -0.25) is 4.99 Å². The molecule has 130 valence electrons. The van der Waals surface area contributed by atoms with Crippen molar-refractivity contribution in [1.29, 1.82) is 0 Å². The molecule has 0 aliphatic rings. The second kappa shape index (κ2) is 8.68. The first-order valence-corrected chi connectivity index (χ1v) is 8.88. The molecular formula is C18H26N4OS. The molecule has 6 heteroatoms. The van der Waals surface area contributed by atoms with Gasteiger partial charge in [0.25, 0.3) is 0 Å². The molecule has 0 saturated carbocycles. The molecule has 2 rings (SSSR count). The standard InChI is InChI=1S/C18H26N4OS/c1-12-8-13(2)10-16(9-12)23-7-6-20-18(19-5)21-11-17-14(3)22-15(4)24-17/h8-10H,6-7,11H2,1-5H3,(H2,19,20,21). The highest BCUT2D eigenvalue weighted by Crippen LogP contribution is 2.17. The monoisotopic (exact) mass is 346 g/mol. The Hall–Kier alpha value is -2.08. The maximum atomic E-state index is 5.79. The summed E-state index contributed by atoms with van der Waals surface area (Å²) in [5, 5.41) is 7.67. The average molecular weight is 347 g/mol. The van der Waals surface area contributed by atoms with Crippen molar-refractivity contribution in [3.63, 3.8) is 0 Å². The van der Waals surface area contributed by atoms with Gasteiger partial charge in [-0.2, -0.15) is 0 Å². The van der Waals surface area contributed by atoms with Gasteiger partial charge in [0, 0.05) is 11.9 Å². The maximum Gasteiger partial charge on any atom is 0.191 e. The first kappa shape index (κ1) is 18.3. The number of hydrogen-bond acceptors (Lipinski definition) is 4. The molecule has 0 fully saturated rings. The third kappa shape index (κ3) is 5.53. The van der Waals surface area contributed by atoms with Crippen molar-refractivity contribution in [3.8, 4) is 5.75 Å². The number of rotatable bonds is 6. The molecule has 5 nitrogen and oxygen atoms in total. The van der Waals surface area contributed by atoms with E-state index in [4.69, 9.17) is 4.74 Å². The van der Waals surface area contributed by atoms with E-state index < -0.39 is 0 Å². The molecule has 24 heavy (non-hydrogen) atoms. The van der Waals surface area contributed by atoms with E-state index >= 15 is 0 Å². The number of aromatic nitrogens is 1. The van der Waals surface area contributed by atoms with Crippen LogP contribution in [0.15, 0.2) is 23.2 Å². The highest BCUT2D eigenvalue weighted by atomic mass is 32.1. The van der Waals surface area contributed by atoms with Gasteiger partial charge < -0.3 is 15.4 Å². The molecule has 0 spiro atoms. The van der Waals surface area contributed by atoms with Gasteiger partial charge in [0.1, 0.15) is 12.4 Å². The number of thiazole rings is 1. The van der Waals surface area contributed by atoms with Crippen molar-refractivity contribution in [2.75, 3.05) is 20.2 Å². The van der Waals surface area contributed by atoms with Crippen molar-refractivity contribution in [3.05, 3.63) is 44.9 Å². The van der Waals surface area contributed by atoms with Crippen molar-refractivity contribution in [2.45, 2.75) is 34.2 Å². The fraction of sp³-hybridized carbons (Fsp3) is 0.444. The van der Waals surface area contributed by atoms with Crippen LogP contribution < -0.4 is 15.4 Å². The minimum atomic E-state index is 0.586. The predicted octanol–water partition coefficient (Wildman–Crippen LogP) is 3.12. The highest BCUT2D eigenvalue weighted by molar-refractivity contribution is 7.11. The third-order valence-corrected chi connectivity index (χ3v) is 4.57. The molecule has 0 aliphatic carbocycles. The lowest BCUT2D eigenvalue weighted by molar-refractivity contribution is 0.321. The van der Waals surface area contributed by atoms with Gasteiger partial charge >= 0.3 is 0 Å². The Morgan fingerprint density at radius 2 is 1.83 bits per heavy atom. The van der Waals surface area contributed by atoms with Crippen LogP contribution in [0.4, 0.5) is 0 Å². The second-order valence-electron chi connectivity index (χ2n) is 5.77. The van der Waals surface area contributed by atoms with Crippen LogP contribution in [-0.4, -0.2) is 31.1 Å². The molecule has 1 aromatic heterocycles. The van der Waals surface area contributed by atoms with E-state index in [2.05, 4.69) is 52.7 Å². The number of benzene rings is 1. The minimum absolute atomic E-state index is 0.586. The second-order valence-corrected chi connectivity index (χ2v) is 7.05. The molecule has 0 unspecified atom stereocenters. The summed E-state index contributed by atoms with van der Waals surface area (Å²) in [4.78, 5) is 9.91. The van der Waals surface area contributed by atoms with Crippen molar-refractivity contribution in [1.82, 2.24) is 15.6 Å². The Labute approximate surface area is 148 Å². The lowest BCUT2D eigenvalue weighted by Gasteiger charge is -2.12. The zero-order chi connectivity index (χ0) is 17.5. The number of hydrogen-bond donors (Lipinski definition) is 2. The maximum absolute atomic E-state index is 5.79. The normalized spacial score (nSPS) is 11.5. The quantitative estimate of drug-likeness (QED) is 0.479. The van der Waals surface area contributed by atoms with E-state index in [0.29, 0.717) is 13.2 Å². The van der Waals surface area contributed by atoms with Crippen molar-refractivity contribution >= 4 is 17.3 Å². The summed E-state index contributed by atoms with van der Waals surface area (Å²) in [6.07, 6.45) is 0. The van der Waals surface area contributed by atoms with Crippen LogP contribution in [0.1, 0.15) is 26.7 Å². The van der Waals surface area contributed by atoms with Crippen molar-refractivity contribution in [2.24, 2.45) is 4.99 Å². The van der Waals surface area contributed by atoms with Crippen LogP contribution in [-0.2, 0) is 6.54 Å². The fourth-order valence-corrected chi connectivity index (χ4v) is 3.35. The summed E-state index contributed by atoms with van der Waals surface area (Å²) in [6.45, 7) is 10.2. The average Bonchev–Trinajstić information content (AvgIpc) is 2.83. The number of guanidine groups is 1. The van der Waals surface area contributed by atoms with E-state index in [-0.39, 0.29) is 0 Å². The van der Waals surface area contributed by atoms with Crippen LogP contribution in [0.2, 0.25) is 0 Å². The van der Waals surface area contributed by atoms with Gasteiger partial charge in [0.15, 0.2) is 5.96 Å². The zero-order valence-electron chi connectivity index (χ0n) is 15.1. The van der Waals surface area contributed by atoms with E-state index in [1.807, 2.05) is 13.8 Å². The first-order chi connectivity index (χ1) is 11.5. The zero-order valence-corrected chi connectivity index (χ0v) is 15.9. The van der Waals surface area contributed by atoms with Crippen molar-refractivity contribution < 1.29 is 4.74 Å². The van der Waals surface area contributed by atoms with E-state index in [9.17, 15) is 0 Å². The molecule has 1 heterocycles. The van der Waals surface area contributed by atoms with Gasteiger partial charge in [0.2, 0.25) is 0 Å². The molecule has 0 bridgehead atoms. The summed E-state index contributed by atoms with van der Waals surface area (Å²) < 4.78 is 5.79. The molecule has 1 aromatic carbocycles. The lowest BCUT2D eigenvalue weighted by Crippen LogP contribution is -2.38. The van der Waals surface area contributed by atoms with E-state index in [1.165, 1.54) is 16.0 Å². The van der Waals surface area contributed by atoms with Gasteiger partial charge in [0.05, 0.1) is 23.8 Å². The van der Waals surface area contributed by atoms with Crippen LogP contribution >= 0.6 is 11.3 Å². The van der Waals surface area contributed by atoms with E-state index in [0.717, 1.165) is 29.0 Å². The highest BCUT2D eigenvalue weighted by Gasteiger charge is 2.05. The molecule has 2 N–H and O–H groups in total. The molecule has 0 amide bonds. The number of aryl methyl sites for hydroxylation is 4. The predicted molar refractivity (Wildman–Crippen MR) is 101 cm³/mol. The van der Waals surface area contributed by atoms with Gasteiger partial charge in [-0.1, -0.05) is 6.07 Å². The van der Waals surface area contributed by atoms with Crippen LogP contribution in [0.5, 0.6) is 5.75 Å². The molecular weight excluding hydrogens is 320 g/mol. The molecule has 2 aromatic rings. The summed E-state index contributed by atoms with van der Waals surface area (Å²) in [6, 6.07) is 6.24. The summed E-state index contributed by atoms with van der Waals surface area (Å²) in [5.74, 6) is 1.68. The van der Waals surface area contributed by atoms with Crippen LogP contribution in [0.25, 0.3) is 0 Å². The van der Waals surface area contributed by atoms with E-state index in [1.54, 1.807) is 18.4 Å². The Balaban J connectivity index is 1.74. The summed E-state index contributed by atoms with van der Waals surface area (Å²) in [7, 11) is 1.77. The summed E-state index contributed by atoms with van der Waals surface area (Å²) >= 11 is 1.71. The Morgan fingerprint density at radius 3 is 2.42 bits per heavy atom. The summed E-state index contributed by atoms with van der Waals surface area (Å²) in [5.41, 5.74) is 3.51. The SMILES string of the molecule is CN=C(NCCOc1cc(C)cc(C)c1)NCc1sc(C)nc1C. The minimum Gasteiger partial charge on any atom is -0.492 e. The third-order valence-electron chi connectivity index (χ3n) is 3.50. The lowest BCUT2D eigenvalue weighted by atomic mass is 10.1. The fourth-order valence-electron chi connectivity index (χ4n) is 2.48. The molecule has 0 aliphatic heterocycles. The smallest absolute Gasteiger partial charge is 0.191 e. The van der Waals surface area contributed by atoms with Gasteiger partial charge in [-0.05, 0) is 51.0 Å².